The molecule has 3 heterocycles. The van der Waals surface area contributed by atoms with Crippen LogP contribution in [0.4, 0.5) is 5.82 Å². The van der Waals surface area contributed by atoms with Crippen molar-refractivity contribution in [3.05, 3.63) is 72.2 Å². The summed E-state index contributed by atoms with van der Waals surface area (Å²) >= 11 is 0. The van der Waals surface area contributed by atoms with Gasteiger partial charge in [-0.2, -0.15) is 5.10 Å². The topological polar surface area (TPSA) is 58.3 Å². The predicted octanol–water partition coefficient (Wildman–Crippen LogP) is 3.92. The van der Waals surface area contributed by atoms with Crippen LogP contribution in [-0.2, 0) is 6.54 Å². The lowest BCUT2D eigenvalue weighted by molar-refractivity contribution is 0.245. The zero-order valence-corrected chi connectivity index (χ0v) is 16.5. The first-order chi connectivity index (χ1) is 14.3. The number of aryl methyl sites for hydroxylation is 1. The normalized spacial score (nSPS) is 15.1. The molecule has 5 rings (SSSR count). The van der Waals surface area contributed by atoms with Gasteiger partial charge < -0.3 is 9.32 Å². The Bertz CT molecular complexity index is 1110. The van der Waals surface area contributed by atoms with E-state index in [9.17, 15) is 0 Å². The lowest BCUT2D eigenvalue weighted by atomic mass is 10.1. The lowest BCUT2D eigenvalue weighted by Crippen LogP contribution is -2.46. The van der Waals surface area contributed by atoms with Gasteiger partial charge in [0.05, 0.1) is 11.9 Å². The molecule has 146 valence electrons. The first-order valence-electron chi connectivity index (χ1n) is 9.97. The fourth-order valence-electron chi connectivity index (χ4n) is 3.85. The minimum absolute atomic E-state index is 0.697. The highest BCUT2D eigenvalue weighted by Gasteiger charge is 2.22. The Morgan fingerprint density at radius 2 is 1.69 bits per heavy atom. The molecule has 0 spiro atoms. The van der Waals surface area contributed by atoms with Crippen LogP contribution in [0, 0.1) is 6.92 Å². The zero-order chi connectivity index (χ0) is 19.6. The number of hydrogen-bond acceptors (Lipinski definition) is 6. The Kier molecular flexibility index (Phi) is 4.69. The third-order valence-corrected chi connectivity index (χ3v) is 5.51. The molecule has 0 unspecified atom stereocenters. The molecule has 1 aliphatic rings. The average molecular weight is 385 g/mol. The number of benzene rings is 2. The van der Waals surface area contributed by atoms with Crippen LogP contribution in [0.15, 0.2) is 65.2 Å². The van der Waals surface area contributed by atoms with Gasteiger partial charge in [-0.1, -0.05) is 42.5 Å². The van der Waals surface area contributed by atoms with Gasteiger partial charge in [0.15, 0.2) is 5.82 Å². The molecule has 4 aromatic rings. The standard InChI is InChI=1S/C23H23N5O/c1-17-21(25-23(29-17)18-7-3-2-4-8-18)16-27-11-13-28(14-12-27)22-20-10-6-5-9-19(20)15-24-26-22/h2-10,15H,11-14,16H2,1H3. The zero-order valence-electron chi connectivity index (χ0n) is 16.5. The van der Waals surface area contributed by atoms with Crippen molar-refractivity contribution >= 4 is 16.6 Å². The highest BCUT2D eigenvalue weighted by Crippen LogP contribution is 2.25. The summed E-state index contributed by atoms with van der Waals surface area (Å²) in [5.74, 6) is 2.57. The van der Waals surface area contributed by atoms with E-state index < -0.39 is 0 Å². The summed E-state index contributed by atoms with van der Waals surface area (Å²) in [6.45, 7) is 6.56. The smallest absolute Gasteiger partial charge is 0.226 e. The maximum atomic E-state index is 5.91. The van der Waals surface area contributed by atoms with E-state index in [4.69, 9.17) is 9.40 Å². The van der Waals surface area contributed by atoms with E-state index in [-0.39, 0.29) is 0 Å². The molecule has 1 saturated heterocycles. The number of nitrogens with zero attached hydrogens (tertiary/aromatic N) is 5. The van der Waals surface area contributed by atoms with Crippen LogP contribution in [0.2, 0.25) is 0 Å². The molecule has 0 saturated carbocycles. The van der Waals surface area contributed by atoms with Gasteiger partial charge in [-0.05, 0) is 19.1 Å². The van der Waals surface area contributed by atoms with E-state index in [2.05, 4.69) is 38.2 Å². The van der Waals surface area contributed by atoms with E-state index in [1.807, 2.05) is 49.5 Å². The van der Waals surface area contributed by atoms with Crippen LogP contribution in [-0.4, -0.2) is 46.3 Å². The molecule has 0 atom stereocenters. The molecule has 6 heteroatoms. The van der Waals surface area contributed by atoms with Crippen LogP contribution in [0.25, 0.3) is 22.2 Å². The number of aromatic nitrogens is 3. The van der Waals surface area contributed by atoms with Gasteiger partial charge in [0.25, 0.3) is 0 Å². The molecular weight excluding hydrogens is 362 g/mol. The summed E-state index contributed by atoms with van der Waals surface area (Å²) in [5, 5.41) is 10.9. The Hall–Kier alpha value is -3.25. The van der Waals surface area contributed by atoms with Crippen molar-refractivity contribution in [3.8, 4) is 11.5 Å². The highest BCUT2D eigenvalue weighted by atomic mass is 16.4. The Morgan fingerprint density at radius 1 is 0.931 bits per heavy atom. The van der Waals surface area contributed by atoms with Gasteiger partial charge in [-0.25, -0.2) is 4.98 Å². The molecule has 0 N–H and O–H groups in total. The summed E-state index contributed by atoms with van der Waals surface area (Å²) in [5.41, 5.74) is 2.03. The van der Waals surface area contributed by atoms with Crippen LogP contribution in [0.1, 0.15) is 11.5 Å². The van der Waals surface area contributed by atoms with Crippen LogP contribution >= 0.6 is 0 Å². The first-order valence-corrected chi connectivity index (χ1v) is 9.97. The van der Waals surface area contributed by atoms with Gasteiger partial charge in [-0.15, -0.1) is 5.10 Å². The van der Waals surface area contributed by atoms with Gasteiger partial charge >= 0.3 is 0 Å². The SMILES string of the molecule is Cc1oc(-c2ccccc2)nc1CN1CCN(c2nncc3ccccc23)CC1. The molecule has 2 aromatic heterocycles. The molecule has 1 fully saturated rings. The fraction of sp³-hybridized carbons (Fsp3) is 0.261. The van der Waals surface area contributed by atoms with Crippen molar-refractivity contribution in [2.75, 3.05) is 31.1 Å². The molecule has 0 aliphatic carbocycles. The van der Waals surface area contributed by atoms with Gasteiger partial charge in [0, 0.05) is 49.1 Å². The van der Waals surface area contributed by atoms with Crippen molar-refractivity contribution in [2.24, 2.45) is 0 Å². The number of piperazine rings is 1. The maximum Gasteiger partial charge on any atom is 0.226 e. The number of fused-ring (bicyclic) bond motifs is 1. The van der Waals surface area contributed by atoms with E-state index >= 15 is 0 Å². The van der Waals surface area contributed by atoms with Crippen molar-refractivity contribution in [1.82, 2.24) is 20.1 Å². The number of hydrogen-bond donors (Lipinski definition) is 0. The highest BCUT2D eigenvalue weighted by molar-refractivity contribution is 5.91. The summed E-state index contributed by atoms with van der Waals surface area (Å²) in [4.78, 5) is 9.50. The first kappa shape index (κ1) is 17.8. The summed E-state index contributed by atoms with van der Waals surface area (Å²) < 4.78 is 5.91. The van der Waals surface area contributed by atoms with E-state index in [0.717, 1.165) is 66.3 Å². The molecule has 0 bridgehead atoms. The molecule has 0 radical (unpaired) electrons. The minimum Gasteiger partial charge on any atom is -0.441 e. The van der Waals surface area contributed by atoms with Gasteiger partial charge in [-0.3, -0.25) is 4.90 Å². The van der Waals surface area contributed by atoms with Gasteiger partial charge in [0.1, 0.15) is 5.76 Å². The largest absolute Gasteiger partial charge is 0.441 e. The minimum atomic E-state index is 0.697. The summed E-state index contributed by atoms with van der Waals surface area (Å²) in [6, 6.07) is 18.4. The van der Waals surface area contributed by atoms with E-state index in [1.54, 1.807) is 0 Å². The molecule has 0 amide bonds. The van der Waals surface area contributed by atoms with Gasteiger partial charge in [0.2, 0.25) is 5.89 Å². The fourth-order valence-corrected chi connectivity index (χ4v) is 3.85. The number of rotatable bonds is 4. The summed E-state index contributed by atoms with van der Waals surface area (Å²) in [6.07, 6.45) is 1.83. The van der Waals surface area contributed by atoms with E-state index in [1.165, 1.54) is 0 Å². The molecule has 2 aromatic carbocycles. The second-order valence-corrected chi connectivity index (χ2v) is 7.41. The second-order valence-electron chi connectivity index (χ2n) is 7.41. The van der Waals surface area contributed by atoms with Crippen molar-refractivity contribution in [1.29, 1.82) is 0 Å². The summed E-state index contributed by atoms with van der Waals surface area (Å²) in [7, 11) is 0. The Labute approximate surface area is 169 Å². The third-order valence-electron chi connectivity index (χ3n) is 5.51. The average Bonchev–Trinajstić information content (AvgIpc) is 3.15. The van der Waals surface area contributed by atoms with Crippen LogP contribution < -0.4 is 4.90 Å². The molecule has 6 nitrogen and oxygen atoms in total. The maximum absolute atomic E-state index is 5.91. The van der Waals surface area contributed by atoms with Crippen molar-refractivity contribution in [3.63, 3.8) is 0 Å². The Balaban J connectivity index is 1.27. The molecular formula is C23H23N5O. The van der Waals surface area contributed by atoms with E-state index in [0.29, 0.717) is 5.89 Å². The second kappa shape index (κ2) is 7.64. The number of anilines is 1. The third kappa shape index (κ3) is 3.59. The van der Waals surface area contributed by atoms with Crippen LogP contribution in [0.3, 0.4) is 0 Å². The number of oxazole rings is 1. The Morgan fingerprint density at radius 3 is 2.52 bits per heavy atom. The van der Waals surface area contributed by atoms with Crippen molar-refractivity contribution < 1.29 is 4.42 Å². The van der Waals surface area contributed by atoms with Crippen LogP contribution in [0.5, 0.6) is 0 Å². The molecule has 1 aliphatic heterocycles. The predicted molar refractivity (Wildman–Crippen MR) is 114 cm³/mol. The lowest BCUT2D eigenvalue weighted by Gasteiger charge is -2.35. The quantitative estimate of drug-likeness (QED) is 0.531. The molecule has 29 heavy (non-hydrogen) atoms. The monoisotopic (exact) mass is 385 g/mol. The van der Waals surface area contributed by atoms with Crippen molar-refractivity contribution in [2.45, 2.75) is 13.5 Å².